The van der Waals surface area contributed by atoms with Gasteiger partial charge in [-0.3, -0.25) is 4.79 Å². The van der Waals surface area contributed by atoms with Crippen molar-refractivity contribution in [3.05, 3.63) is 45.2 Å². The second kappa shape index (κ2) is 5.51. The fourth-order valence-corrected chi connectivity index (χ4v) is 2.46. The Morgan fingerprint density at radius 3 is 2.30 bits per heavy atom. The van der Waals surface area contributed by atoms with E-state index < -0.39 is 5.56 Å². The first-order valence-corrected chi connectivity index (χ1v) is 6.91. The summed E-state index contributed by atoms with van der Waals surface area (Å²) in [5, 5.41) is 29.3. The van der Waals surface area contributed by atoms with Gasteiger partial charge in [0.05, 0.1) is 0 Å². The van der Waals surface area contributed by atoms with Gasteiger partial charge in [-0.05, 0) is 11.0 Å². The van der Waals surface area contributed by atoms with Crippen molar-refractivity contribution in [1.29, 1.82) is 10.5 Å². The minimum atomic E-state index is -0.695. The van der Waals surface area contributed by atoms with Crippen LogP contribution in [0.5, 0.6) is 5.75 Å². The maximum atomic E-state index is 12.0. The molecule has 0 fully saturated rings. The molecule has 0 radical (unpaired) electrons. The molecule has 0 amide bonds. The predicted molar refractivity (Wildman–Crippen MR) is 86.7 cm³/mol. The Morgan fingerprint density at radius 1 is 1.17 bits per heavy atom. The normalized spacial score (nSPS) is 10.8. The van der Waals surface area contributed by atoms with Crippen LogP contribution in [0.2, 0.25) is 0 Å². The van der Waals surface area contributed by atoms with Crippen molar-refractivity contribution in [1.82, 2.24) is 4.98 Å². The highest BCUT2D eigenvalue weighted by atomic mass is 16.3. The van der Waals surface area contributed by atoms with E-state index in [1.807, 2.05) is 26.8 Å². The molecule has 0 spiro atoms. The van der Waals surface area contributed by atoms with Crippen LogP contribution in [0.3, 0.4) is 0 Å². The fourth-order valence-electron chi connectivity index (χ4n) is 2.46. The second-order valence-electron chi connectivity index (χ2n) is 6.17. The third-order valence-corrected chi connectivity index (χ3v) is 3.58. The van der Waals surface area contributed by atoms with E-state index in [2.05, 4.69) is 4.98 Å². The zero-order valence-corrected chi connectivity index (χ0v) is 13.1. The third kappa shape index (κ3) is 2.63. The van der Waals surface area contributed by atoms with Gasteiger partial charge in [0.2, 0.25) is 0 Å². The van der Waals surface area contributed by atoms with Crippen molar-refractivity contribution in [3.8, 4) is 29.0 Å². The minimum Gasteiger partial charge on any atom is -0.507 e. The Labute approximate surface area is 133 Å². The Kier molecular flexibility index (Phi) is 3.86. The number of pyridine rings is 1. The van der Waals surface area contributed by atoms with E-state index in [9.17, 15) is 20.4 Å². The summed E-state index contributed by atoms with van der Waals surface area (Å²) in [7, 11) is 0. The molecule has 0 aliphatic rings. The van der Waals surface area contributed by atoms with Gasteiger partial charge >= 0.3 is 0 Å². The van der Waals surface area contributed by atoms with E-state index >= 15 is 0 Å². The molecule has 0 bridgehead atoms. The number of hydrogen-bond acceptors (Lipinski definition) is 5. The number of rotatable bonds is 1. The van der Waals surface area contributed by atoms with Gasteiger partial charge in [0.25, 0.3) is 5.56 Å². The first-order valence-electron chi connectivity index (χ1n) is 6.91. The first kappa shape index (κ1) is 16.1. The molecule has 6 heteroatoms. The molecule has 6 nitrogen and oxygen atoms in total. The van der Waals surface area contributed by atoms with Crippen LogP contribution in [0, 0.1) is 22.7 Å². The number of aromatic amines is 1. The molecule has 0 unspecified atom stereocenters. The van der Waals surface area contributed by atoms with E-state index in [0.717, 1.165) is 0 Å². The lowest BCUT2D eigenvalue weighted by atomic mass is 9.83. The van der Waals surface area contributed by atoms with Crippen LogP contribution in [0.1, 0.15) is 37.5 Å². The average molecular weight is 308 g/mol. The first-order chi connectivity index (χ1) is 10.7. The van der Waals surface area contributed by atoms with Gasteiger partial charge in [0, 0.05) is 11.1 Å². The number of nitrogens with zero attached hydrogens (tertiary/aromatic N) is 2. The fraction of sp³-hybridized carbons (Fsp3) is 0.235. The van der Waals surface area contributed by atoms with E-state index in [0.29, 0.717) is 5.56 Å². The van der Waals surface area contributed by atoms with Crippen LogP contribution in [-0.4, -0.2) is 10.1 Å². The number of nitrogen functional groups attached to an aromatic ring is 1. The number of nitriles is 2. The van der Waals surface area contributed by atoms with Crippen LogP contribution in [-0.2, 0) is 5.41 Å². The standard InChI is InChI=1S/C17H16N4O2/c1-17(2,3)12-6-4-5-9(14(12)22)13-10(7-18)15(20)21-16(23)11(13)8-19/h4-6,22H,1-3H3,(H3,20,21,23). The zero-order valence-electron chi connectivity index (χ0n) is 13.1. The molecule has 0 aliphatic heterocycles. The van der Waals surface area contributed by atoms with Gasteiger partial charge in [-0.25, -0.2) is 0 Å². The lowest BCUT2D eigenvalue weighted by Crippen LogP contribution is -2.17. The molecule has 1 aromatic heterocycles. The Bertz CT molecular complexity index is 922. The lowest BCUT2D eigenvalue weighted by Gasteiger charge is -2.22. The number of anilines is 1. The molecule has 4 N–H and O–H groups in total. The van der Waals surface area contributed by atoms with E-state index in [1.165, 1.54) is 0 Å². The number of nitrogens with two attached hydrogens (primary N) is 1. The van der Waals surface area contributed by atoms with Gasteiger partial charge in [-0.1, -0.05) is 39.0 Å². The summed E-state index contributed by atoms with van der Waals surface area (Å²) in [5.41, 5.74) is 5.29. The molecular weight excluding hydrogens is 292 g/mol. The molecule has 0 atom stereocenters. The number of aromatic hydroxyl groups is 1. The Hall–Kier alpha value is -3.25. The summed E-state index contributed by atoms with van der Waals surface area (Å²) in [4.78, 5) is 14.3. The summed E-state index contributed by atoms with van der Waals surface area (Å²) in [6, 6.07) is 8.70. The molecule has 0 aliphatic carbocycles. The van der Waals surface area contributed by atoms with Crippen molar-refractivity contribution in [2.45, 2.75) is 26.2 Å². The SMILES string of the molecule is CC(C)(C)c1cccc(-c2c(C#N)c(N)[nH]c(=O)c2C#N)c1O. The van der Waals surface area contributed by atoms with Crippen molar-refractivity contribution in [3.63, 3.8) is 0 Å². The van der Waals surface area contributed by atoms with Crippen LogP contribution < -0.4 is 11.3 Å². The van der Waals surface area contributed by atoms with Crippen LogP contribution in [0.25, 0.3) is 11.1 Å². The van der Waals surface area contributed by atoms with Crippen molar-refractivity contribution >= 4 is 5.82 Å². The van der Waals surface area contributed by atoms with Gasteiger partial charge in [-0.2, -0.15) is 10.5 Å². The van der Waals surface area contributed by atoms with Gasteiger partial charge < -0.3 is 15.8 Å². The largest absolute Gasteiger partial charge is 0.507 e. The van der Waals surface area contributed by atoms with Gasteiger partial charge in [0.15, 0.2) is 0 Å². The number of nitrogens with one attached hydrogen (secondary N) is 1. The molecular formula is C17H16N4O2. The quantitative estimate of drug-likeness (QED) is 0.745. The van der Waals surface area contributed by atoms with Crippen LogP contribution in [0.4, 0.5) is 5.82 Å². The highest BCUT2D eigenvalue weighted by molar-refractivity contribution is 5.84. The number of hydrogen-bond donors (Lipinski definition) is 3. The Morgan fingerprint density at radius 2 is 1.78 bits per heavy atom. The number of H-pyrrole nitrogens is 1. The number of phenols is 1. The van der Waals surface area contributed by atoms with E-state index in [4.69, 9.17) is 5.73 Å². The topological polar surface area (TPSA) is 127 Å². The molecule has 2 aromatic rings. The molecule has 2 rings (SSSR count). The van der Waals surface area contributed by atoms with Crippen LogP contribution in [0.15, 0.2) is 23.0 Å². The Balaban J connectivity index is 2.98. The maximum absolute atomic E-state index is 12.0. The van der Waals surface area contributed by atoms with E-state index in [-0.39, 0.29) is 39.2 Å². The number of para-hydroxylation sites is 1. The molecule has 23 heavy (non-hydrogen) atoms. The van der Waals surface area contributed by atoms with Crippen LogP contribution >= 0.6 is 0 Å². The third-order valence-electron chi connectivity index (χ3n) is 3.58. The molecule has 1 heterocycles. The maximum Gasteiger partial charge on any atom is 0.268 e. The minimum absolute atomic E-state index is 0.0393. The predicted octanol–water partition coefficient (Wildman–Crippen LogP) is 2.37. The number of phenolic OH excluding ortho intramolecular Hbond substituents is 1. The highest BCUT2D eigenvalue weighted by Gasteiger charge is 2.25. The smallest absolute Gasteiger partial charge is 0.268 e. The summed E-state index contributed by atoms with van der Waals surface area (Å²) >= 11 is 0. The monoisotopic (exact) mass is 308 g/mol. The summed E-state index contributed by atoms with van der Waals surface area (Å²) < 4.78 is 0. The lowest BCUT2D eigenvalue weighted by molar-refractivity contribution is 0.448. The van der Waals surface area contributed by atoms with Gasteiger partial charge in [-0.15, -0.1) is 0 Å². The number of benzene rings is 1. The van der Waals surface area contributed by atoms with Crippen molar-refractivity contribution in [2.75, 3.05) is 5.73 Å². The van der Waals surface area contributed by atoms with E-state index in [1.54, 1.807) is 24.3 Å². The molecule has 0 saturated heterocycles. The second-order valence-corrected chi connectivity index (χ2v) is 6.17. The highest BCUT2D eigenvalue weighted by Crippen LogP contribution is 2.40. The summed E-state index contributed by atoms with van der Waals surface area (Å²) in [5.74, 6) is -0.204. The number of aromatic nitrogens is 1. The summed E-state index contributed by atoms with van der Waals surface area (Å²) in [6.07, 6.45) is 0. The summed E-state index contributed by atoms with van der Waals surface area (Å²) in [6.45, 7) is 5.78. The molecule has 0 saturated carbocycles. The van der Waals surface area contributed by atoms with Crippen molar-refractivity contribution in [2.24, 2.45) is 0 Å². The average Bonchev–Trinajstić information content (AvgIpc) is 2.45. The molecule has 116 valence electrons. The van der Waals surface area contributed by atoms with Gasteiger partial charge in [0.1, 0.15) is 34.8 Å². The van der Waals surface area contributed by atoms with Crippen molar-refractivity contribution < 1.29 is 5.11 Å². The molecule has 1 aromatic carbocycles. The zero-order chi connectivity index (χ0) is 17.4.